The number of aromatic nitrogens is 1. The molecule has 5 nitrogen and oxygen atoms in total. The summed E-state index contributed by atoms with van der Waals surface area (Å²) in [5.74, 6) is -0.212. The van der Waals surface area contributed by atoms with Gasteiger partial charge in [0, 0.05) is 24.2 Å². The van der Waals surface area contributed by atoms with Crippen molar-refractivity contribution < 1.29 is 9.59 Å². The van der Waals surface area contributed by atoms with Crippen LogP contribution in [0.4, 0.5) is 0 Å². The summed E-state index contributed by atoms with van der Waals surface area (Å²) in [6.07, 6.45) is 2.07. The van der Waals surface area contributed by atoms with Crippen LogP contribution in [0, 0.1) is 6.92 Å². The lowest BCUT2D eigenvalue weighted by molar-refractivity contribution is -0.138. The van der Waals surface area contributed by atoms with Gasteiger partial charge in [0.2, 0.25) is 11.8 Å². The summed E-state index contributed by atoms with van der Waals surface area (Å²) in [6.45, 7) is 4.79. The van der Waals surface area contributed by atoms with Crippen molar-refractivity contribution in [2.45, 2.75) is 32.9 Å². The lowest BCUT2D eigenvalue weighted by atomic mass is 10.2. The SMILES string of the molecule is CCN1C(=O)CC(NCc2ncc(C)s2)C1=O. The monoisotopic (exact) mass is 253 g/mol. The van der Waals surface area contributed by atoms with E-state index < -0.39 is 0 Å². The second kappa shape index (κ2) is 4.93. The second-order valence-corrected chi connectivity index (χ2v) is 5.30. The third-order valence-corrected chi connectivity index (χ3v) is 3.64. The van der Waals surface area contributed by atoms with Crippen molar-refractivity contribution in [3.8, 4) is 0 Å². The molecule has 0 radical (unpaired) electrons. The van der Waals surface area contributed by atoms with Crippen LogP contribution in [-0.4, -0.2) is 34.3 Å². The minimum Gasteiger partial charge on any atom is -0.299 e. The topological polar surface area (TPSA) is 62.3 Å². The zero-order valence-electron chi connectivity index (χ0n) is 9.90. The molecule has 1 aromatic rings. The van der Waals surface area contributed by atoms with Gasteiger partial charge in [-0.1, -0.05) is 0 Å². The van der Waals surface area contributed by atoms with Crippen LogP contribution in [0.1, 0.15) is 23.2 Å². The molecule has 1 N–H and O–H groups in total. The maximum Gasteiger partial charge on any atom is 0.246 e. The number of aryl methyl sites for hydroxylation is 1. The number of rotatable bonds is 4. The average Bonchev–Trinajstić information content (AvgIpc) is 2.81. The molecule has 92 valence electrons. The van der Waals surface area contributed by atoms with E-state index in [0.717, 1.165) is 9.88 Å². The Morgan fingerprint density at radius 1 is 1.59 bits per heavy atom. The van der Waals surface area contributed by atoms with Crippen molar-refractivity contribution in [3.05, 3.63) is 16.1 Å². The Morgan fingerprint density at radius 2 is 2.35 bits per heavy atom. The van der Waals surface area contributed by atoms with Crippen molar-refractivity contribution in [2.24, 2.45) is 0 Å². The van der Waals surface area contributed by atoms with Gasteiger partial charge in [-0.15, -0.1) is 11.3 Å². The number of imide groups is 1. The third-order valence-electron chi connectivity index (χ3n) is 2.73. The van der Waals surface area contributed by atoms with Crippen LogP contribution in [0.2, 0.25) is 0 Å². The van der Waals surface area contributed by atoms with Crippen LogP contribution in [0.5, 0.6) is 0 Å². The van der Waals surface area contributed by atoms with Gasteiger partial charge in [0.25, 0.3) is 0 Å². The highest BCUT2D eigenvalue weighted by molar-refractivity contribution is 7.11. The first kappa shape index (κ1) is 12.2. The van der Waals surface area contributed by atoms with E-state index in [4.69, 9.17) is 0 Å². The fourth-order valence-electron chi connectivity index (χ4n) is 1.87. The van der Waals surface area contributed by atoms with Crippen molar-refractivity contribution in [1.29, 1.82) is 0 Å². The van der Waals surface area contributed by atoms with Crippen LogP contribution < -0.4 is 5.32 Å². The van der Waals surface area contributed by atoms with Crippen LogP contribution in [0.25, 0.3) is 0 Å². The quantitative estimate of drug-likeness (QED) is 0.802. The molecule has 0 saturated carbocycles. The van der Waals surface area contributed by atoms with E-state index in [2.05, 4.69) is 10.3 Å². The maximum absolute atomic E-state index is 11.8. The lowest BCUT2D eigenvalue weighted by Crippen LogP contribution is -2.38. The summed E-state index contributed by atoms with van der Waals surface area (Å²) >= 11 is 1.60. The van der Waals surface area contributed by atoms with Crippen molar-refractivity contribution in [3.63, 3.8) is 0 Å². The Hall–Kier alpha value is -1.27. The Kier molecular flexibility index (Phi) is 3.54. The van der Waals surface area contributed by atoms with Gasteiger partial charge in [0.1, 0.15) is 5.01 Å². The highest BCUT2D eigenvalue weighted by Crippen LogP contribution is 2.15. The fraction of sp³-hybridized carbons (Fsp3) is 0.545. The summed E-state index contributed by atoms with van der Waals surface area (Å²) in [5.41, 5.74) is 0. The van der Waals surface area contributed by atoms with Gasteiger partial charge in [-0.05, 0) is 13.8 Å². The van der Waals surface area contributed by atoms with E-state index in [0.29, 0.717) is 13.1 Å². The molecule has 2 rings (SSSR count). The van der Waals surface area contributed by atoms with Gasteiger partial charge >= 0.3 is 0 Å². The van der Waals surface area contributed by atoms with Gasteiger partial charge in [-0.25, -0.2) is 4.98 Å². The predicted molar refractivity (Wildman–Crippen MR) is 64.5 cm³/mol. The second-order valence-electron chi connectivity index (χ2n) is 3.98. The summed E-state index contributed by atoms with van der Waals surface area (Å²) < 4.78 is 0. The van der Waals surface area contributed by atoms with Crippen LogP contribution in [-0.2, 0) is 16.1 Å². The molecule has 1 atom stereocenters. The molecule has 2 heterocycles. The Morgan fingerprint density at radius 3 is 2.88 bits per heavy atom. The third kappa shape index (κ3) is 2.53. The molecule has 1 saturated heterocycles. The number of likely N-dealkylation sites (tertiary alicyclic amines) is 1. The number of hydrogen-bond acceptors (Lipinski definition) is 5. The Bertz CT molecular complexity index is 444. The van der Waals surface area contributed by atoms with Crippen molar-refractivity contribution >= 4 is 23.2 Å². The number of hydrogen-bond donors (Lipinski definition) is 1. The highest BCUT2D eigenvalue weighted by Gasteiger charge is 2.37. The number of carbonyl (C=O) groups is 2. The number of nitrogens with zero attached hydrogens (tertiary/aromatic N) is 2. The first-order valence-electron chi connectivity index (χ1n) is 5.60. The molecule has 6 heteroatoms. The molecule has 1 aliphatic rings. The molecule has 1 aromatic heterocycles. The smallest absolute Gasteiger partial charge is 0.246 e. The zero-order valence-corrected chi connectivity index (χ0v) is 10.7. The molecule has 0 aliphatic carbocycles. The lowest BCUT2D eigenvalue weighted by Gasteiger charge is -2.12. The first-order valence-corrected chi connectivity index (χ1v) is 6.42. The first-order chi connectivity index (χ1) is 8.11. The van der Waals surface area contributed by atoms with Crippen LogP contribution in [0.15, 0.2) is 6.20 Å². The molecule has 1 aliphatic heterocycles. The number of carbonyl (C=O) groups excluding carboxylic acids is 2. The average molecular weight is 253 g/mol. The van der Waals surface area contributed by atoms with Gasteiger partial charge in [0.15, 0.2) is 0 Å². The Balaban J connectivity index is 1.92. The maximum atomic E-state index is 11.8. The molecule has 1 fully saturated rings. The van der Waals surface area contributed by atoms with E-state index in [1.807, 2.05) is 20.0 Å². The number of thiazole rings is 1. The van der Waals surface area contributed by atoms with Crippen LogP contribution in [0.3, 0.4) is 0 Å². The highest BCUT2D eigenvalue weighted by atomic mass is 32.1. The summed E-state index contributed by atoms with van der Waals surface area (Å²) in [7, 11) is 0. The van der Waals surface area contributed by atoms with Gasteiger partial charge < -0.3 is 0 Å². The normalized spacial score (nSPS) is 20.4. The van der Waals surface area contributed by atoms with E-state index in [9.17, 15) is 9.59 Å². The van der Waals surface area contributed by atoms with Gasteiger partial charge in [-0.2, -0.15) is 0 Å². The molecule has 0 spiro atoms. The minimum absolute atomic E-state index is 0.0923. The predicted octanol–water partition coefficient (Wildman–Crippen LogP) is 0.689. The molecule has 17 heavy (non-hydrogen) atoms. The van der Waals surface area contributed by atoms with Gasteiger partial charge in [-0.3, -0.25) is 19.8 Å². The molecule has 2 amide bonds. The van der Waals surface area contributed by atoms with E-state index in [-0.39, 0.29) is 24.3 Å². The van der Waals surface area contributed by atoms with E-state index in [1.165, 1.54) is 4.90 Å². The standard InChI is InChI=1S/C11H15N3O2S/c1-3-14-10(15)4-8(11(14)16)12-6-9-13-5-7(2)17-9/h5,8,12H,3-4,6H2,1-2H3. The number of likely N-dealkylation sites (N-methyl/N-ethyl adjacent to an activating group) is 1. The summed E-state index contributed by atoms with van der Waals surface area (Å²) in [6, 6.07) is -0.383. The Labute approximate surface area is 104 Å². The fourth-order valence-corrected chi connectivity index (χ4v) is 2.61. The van der Waals surface area contributed by atoms with E-state index in [1.54, 1.807) is 11.3 Å². The minimum atomic E-state index is -0.383. The van der Waals surface area contributed by atoms with Crippen molar-refractivity contribution in [1.82, 2.24) is 15.2 Å². The largest absolute Gasteiger partial charge is 0.299 e. The summed E-state index contributed by atoms with van der Waals surface area (Å²) in [5, 5.41) is 4.03. The molecular formula is C11H15N3O2S. The number of amides is 2. The zero-order chi connectivity index (χ0) is 12.4. The molecule has 0 bridgehead atoms. The molecule has 1 unspecified atom stereocenters. The van der Waals surface area contributed by atoms with E-state index >= 15 is 0 Å². The molecule has 0 aromatic carbocycles. The van der Waals surface area contributed by atoms with Crippen LogP contribution >= 0.6 is 11.3 Å². The van der Waals surface area contributed by atoms with Crippen molar-refractivity contribution in [2.75, 3.05) is 6.54 Å². The number of nitrogens with one attached hydrogen (secondary N) is 1. The van der Waals surface area contributed by atoms with Gasteiger partial charge in [0.05, 0.1) is 12.5 Å². The molecular weight excluding hydrogens is 238 g/mol. The summed E-state index contributed by atoms with van der Waals surface area (Å²) in [4.78, 5) is 29.9.